The molecule has 1 aromatic carbocycles. The van der Waals surface area contributed by atoms with Gasteiger partial charge in [0.15, 0.2) is 11.6 Å². The summed E-state index contributed by atoms with van der Waals surface area (Å²) < 4.78 is 11.6. The number of hydrogen-bond donors (Lipinski definition) is 0. The normalized spacial score (nSPS) is 30.9. The van der Waals surface area contributed by atoms with Gasteiger partial charge in [-0.3, -0.25) is 4.79 Å². The number of carbonyl (C=O) groups is 1. The van der Waals surface area contributed by atoms with Crippen molar-refractivity contribution in [2.24, 2.45) is 0 Å². The molecule has 4 rings (SSSR count). The van der Waals surface area contributed by atoms with E-state index in [0.29, 0.717) is 19.6 Å². The van der Waals surface area contributed by atoms with E-state index >= 15 is 0 Å². The van der Waals surface area contributed by atoms with Crippen molar-refractivity contribution in [1.29, 1.82) is 0 Å². The highest BCUT2D eigenvalue weighted by Crippen LogP contribution is 2.51. The van der Waals surface area contributed by atoms with Gasteiger partial charge in [0.2, 0.25) is 0 Å². The lowest BCUT2D eigenvalue weighted by Gasteiger charge is -2.46. The molecule has 104 valence electrons. The first-order valence-electron chi connectivity index (χ1n) is 7.26. The van der Waals surface area contributed by atoms with E-state index in [9.17, 15) is 4.79 Å². The molecular formula is C17H18O3. The van der Waals surface area contributed by atoms with Crippen LogP contribution in [0.4, 0.5) is 0 Å². The maximum Gasteiger partial charge on any atom is 0.186 e. The van der Waals surface area contributed by atoms with Gasteiger partial charge in [-0.05, 0) is 18.1 Å². The Kier molecular flexibility index (Phi) is 2.48. The average molecular weight is 270 g/mol. The van der Waals surface area contributed by atoms with Crippen LogP contribution in [0.5, 0.6) is 0 Å². The molecule has 0 amide bonds. The summed E-state index contributed by atoms with van der Waals surface area (Å²) in [5.74, 6) is -0.360. The maximum absolute atomic E-state index is 12.3. The number of carbonyl (C=O) groups excluding carboxylic acids is 1. The first-order chi connectivity index (χ1) is 9.63. The number of hydrogen-bond acceptors (Lipinski definition) is 3. The fraction of sp³-hybridized carbons (Fsp3) is 0.471. The monoisotopic (exact) mass is 270 g/mol. The summed E-state index contributed by atoms with van der Waals surface area (Å²) in [5, 5.41) is 0. The first kappa shape index (κ1) is 12.3. The highest BCUT2D eigenvalue weighted by molar-refractivity contribution is 6.08. The second kappa shape index (κ2) is 4.03. The summed E-state index contributed by atoms with van der Waals surface area (Å²) >= 11 is 0. The molecule has 3 heteroatoms. The third kappa shape index (κ3) is 1.57. The Morgan fingerprint density at radius 1 is 1.10 bits per heavy atom. The van der Waals surface area contributed by atoms with Crippen LogP contribution in [0.3, 0.4) is 0 Å². The Balaban J connectivity index is 1.80. The minimum absolute atomic E-state index is 0.0505. The minimum Gasteiger partial charge on any atom is -0.347 e. The molecule has 1 atom stereocenters. The molecule has 2 fully saturated rings. The van der Waals surface area contributed by atoms with Crippen LogP contribution in [0.25, 0.3) is 0 Å². The molecule has 1 aliphatic heterocycles. The van der Waals surface area contributed by atoms with Crippen LogP contribution < -0.4 is 0 Å². The zero-order valence-corrected chi connectivity index (χ0v) is 11.6. The van der Waals surface area contributed by atoms with Crippen molar-refractivity contribution in [3.8, 4) is 0 Å². The molecular weight excluding hydrogens is 252 g/mol. The van der Waals surface area contributed by atoms with Crippen LogP contribution in [0.2, 0.25) is 0 Å². The third-order valence-electron chi connectivity index (χ3n) is 5.08. The molecule has 0 N–H and O–H groups in total. The predicted octanol–water partition coefficient (Wildman–Crippen LogP) is 2.99. The van der Waals surface area contributed by atoms with Gasteiger partial charge in [0.25, 0.3) is 0 Å². The van der Waals surface area contributed by atoms with Gasteiger partial charge in [-0.1, -0.05) is 36.8 Å². The van der Waals surface area contributed by atoms with Gasteiger partial charge in [0.05, 0.1) is 13.2 Å². The Morgan fingerprint density at radius 2 is 1.85 bits per heavy atom. The van der Waals surface area contributed by atoms with Gasteiger partial charge >= 0.3 is 0 Å². The predicted molar refractivity (Wildman–Crippen MR) is 74.7 cm³/mol. The topological polar surface area (TPSA) is 35.5 Å². The smallest absolute Gasteiger partial charge is 0.186 e. The summed E-state index contributed by atoms with van der Waals surface area (Å²) in [5.41, 5.74) is 3.12. The number of benzene rings is 1. The zero-order chi connectivity index (χ0) is 13.8. The minimum atomic E-state index is -0.474. The zero-order valence-electron chi connectivity index (χ0n) is 11.6. The van der Waals surface area contributed by atoms with E-state index in [2.05, 4.69) is 13.0 Å². The third-order valence-corrected chi connectivity index (χ3v) is 5.08. The molecule has 1 saturated carbocycles. The van der Waals surface area contributed by atoms with Gasteiger partial charge < -0.3 is 9.47 Å². The first-order valence-corrected chi connectivity index (χ1v) is 7.26. The summed E-state index contributed by atoms with van der Waals surface area (Å²) in [4.78, 5) is 12.3. The summed E-state index contributed by atoms with van der Waals surface area (Å²) in [6.45, 7) is 3.56. The summed E-state index contributed by atoms with van der Waals surface area (Å²) in [6.07, 6.45) is 4.38. The van der Waals surface area contributed by atoms with Crippen molar-refractivity contribution >= 4 is 5.78 Å². The lowest BCUT2D eigenvalue weighted by Crippen LogP contribution is -2.44. The van der Waals surface area contributed by atoms with Crippen LogP contribution >= 0.6 is 0 Å². The Bertz CT molecular complexity index is 610. The highest BCUT2D eigenvalue weighted by Gasteiger charge is 2.49. The van der Waals surface area contributed by atoms with E-state index in [-0.39, 0.29) is 11.2 Å². The van der Waals surface area contributed by atoms with Crippen molar-refractivity contribution in [2.45, 2.75) is 37.4 Å². The van der Waals surface area contributed by atoms with Gasteiger partial charge in [-0.25, -0.2) is 0 Å². The molecule has 0 radical (unpaired) electrons. The number of ether oxygens (including phenoxy) is 2. The SMILES string of the molecule is CC12CCC3(CC1=CC(=O)c1ccccc12)OCCO3. The van der Waals surface area contributed by atoms with Crippen LogP contribution in [-0.2, 0) is 14.9 Å². The molecule has 1 unspecified atom stereocenters. The molecule has 3 aliphatic rings. The van der Waals surface area contributed by atoms with Gasteiger partial charge in [-0.2, -0.15) is 0 Å². The molecule has 1 heterocycles. The van der Waals surface area contributed by atoms with E-state index in [1.807, 2.05) is 24.3 Å². The fourth-order valence-corrected chi connectivity index (χ4v) is 3.85. The van der Waals surface area contributed by atoms with Crippen LogP contribution in [0.1, 0.15) is 42.1 Å². The van der Waals surface area contributed by atoms with Gasteiger partial charge in [0, 0.05) is 23.8 Å². The van der Waals surface area contributed by atoms with E-state index in [1.165, 1.54) is 0 Å². The highest BCUT2D eigenvalue weighted by atomic mass is 16.7. The second-order valence-corrected chi connectivity index (χ2v) is 6.20. The Morgan fingerprint density at radius 3 is 2.65 bits per heavy atom. The molecule has 0 bridgehead atoms. The maximum atomic E-state index is 12.3. The average Bonchev–Trinajstić information content (AvgIpc) is 2.91. The molecule has 2 aliphatic carbocycles. The lowest BCUT2D eigenvalue weighted by atomic mass is 9.62. The van der Waals surface area contributed by atoms with E-state index in [4.69, 9.17) is 9.47 Å². The van der Waals surface area contributed by atoms with Crippen molar-refractivity contribution in [3.05, 3.63) is 47.0 Å². The Hall–Kier alpha value is -1.45. The number of ketones is 1. The molecule has 0 aromatic heterocycles. The molecule has 20 heavy (non-hydrogen) atoms. The van der Waals surface area contributed by atoms with Crippen LogP contribution in [0, 0.1) is 0 Å². The van der Waals surface area contributed by atoms with E-state index < -0.39 is 5.79 Å². The number of fused-ring (bicyclic) bond motifs is 3. The second-order valence-electron chi connectivity index (χ2n) is 6.20. The fourth-order valence-electron chi connectivity index (χ4n) is 3.85. The molecule has 1 aromatic rings. The van der Waals surface area contributed by atoms with Gasteiger partial charge in [-0.15, -0.1) is 0 Å². The summed E-state index contributed by atoms with van der Waals surface area (Å²) in [6, 6.07) is 7.98. The van der Waals surface area contributed by atoms with Gasteiger partial charge in [0.1, 0.15) is 0 Å². The number of allylic oxidation sites excluding steroid dienone is 1. The number of rotatable bonds is 0. The quantitative estimate of drug-likeness (QED) is 0.727. The van der Waals surface area contributed by atoms with E-state index in [1.54, 1.807) is 0 Å². The van der Waals surface area contributed by atoms with Crippen LogP contribution in [0.15, 0.2) is 35.9 Å². The standard InChI is InChI=1S/C17H18O3/c1-16-6-7-17(19-8-9-20-17)11-12(16)10-15(18)13-4-2-3-5-14(13)16/h2-5,10H,6-9,11H2,1H3. The van der Waals surface area contributed by atoms with Crippen LogP contribution in [-0.4, -0.2) is 24.8 Å². The van der Waals surface area contributed by atoms with E-state index in [0.717, 1.165) is 29.5 Å². The molecule has 1 saturated heterocycles. The van der Waals surface area contributed by atoms with Crippen molar-refractivity contribution in [2.75, 3.05) is 13.2 Å². The summed E-state index contributed by atoms with van der Waals surface area (Å²) in [7, 11) is 0. The van der Waals surface area contributed by atoms with Crippen molar-refractivity contribution in [1.82, 2.24) is 0 Å². The lowest BCUT2D eigenvalue weighted by molar-refractivity contribution is -0.172. The largest absolute Gasteiger partial charge is 0.347 e. The van der Waals surface area contributed by atoms with Crippen molar-refractivity contribution in [3.63, 3.8) is 0 Å². The Labute approximate surface area is 118 Å². The molecule has 1 spiro atoms. The van der Waals surface area contributed by atoms with Crippen molar-refractivity contribution < 1.29 is 14.3 Å². The molecule has 3 nitrogen and oxygen atoms in total.